The third kappa shape index (κ3) is 2.23. The quantitative estimate of drug-likeness (QED) is 0.643. The van der Waals surface area contributed by atoms with Crippen LogP contribution in [0, 0.1) is 0 Å². The number of hydrogen-bond acceptors (Lipinski definition) is 4. The van der Waals surface area contributed by atoms with Crippen LogP contribution in [0.3, 0.4) is 0 Å². The van der Waals surface area contributed by atoms with Gasteiger partial charge in [0.25, 0.3) is 5.56 Å². The van der Waals surface area contributed by atoms with Crippen LogP contribution in [-0.4, -0.2) is 15.3 Å². The molecule has 3 rings (SSSR count). The summed E-state index contributed by atoms with van der Waals surface area (Å²) >= 11 is 3.41. The highest BCUT2D eigenvalue weighted by Crippen LogP contribution is 2.34. The highest BCUT2D eigenvalue weighted by Gasteiger charge is 2.20. The maximum absolute atomic E-state index is 12.6. The molecule has 2 heterocycles. The highest BCUT2D eigenvalue weighted by atomic mass is 32.2. The fourth-order valence-corrected chi connectivity index (χ4v) is 4.72. The van der Waals surface area contributed by atoms with Crippen LogP contribution in [0.4, 0.5) is 0 Å². The summed E-state index contributed by atoms with van der Waals surface area (Å²) in [6.07, 6.45) is 5.72. The van der Waals surface area contributed by atoms with Crippen molar-refractivity contribution in [1.82, 2.24) is 9.55 Å². The molecule has 2 aromatic rings. The van der Waals surface area contributed by atoms with Gasteiger partial charge in [-0.2, -0.15) is 0 Å². The summed E-state index contributed by atoms with van der Waals surface area (Å²) in [4.78, 5) is 19.6. The molecular weight excluding hydrogens is 276 g/mol. The summed E-state index contributed by atoms with van der Waals surface area (Å²) in [6, 6.07) is 0. The Labute approximate surface area is 121 Å². The molecule has 0 aliphatic heterocycles. The number of nitrogens with zero attached hydrogens (tertiary/aromatic N) is 2. The van der Waals surface area contributed by atoms with Crippen LogP contribution in [0.15, 0.2) is 9.95 Å². The zero-order valence-corrected chi connectivity index (χ0v) is 13.0. The molecule has 0 amide bonds. The van der Waals surface area contributed by atoms with Gasteiger partial charge in [-0.25, -0.2) is 4.98 Å². The van der Waals surface area contributed by atoms with Gasteiger partial charge in [-0.1, -0.05) is 18.7 Å². The molecule has 2 aromatic heterocycles. The van der Waals surface area contributed by atoms with E-state index in [2.05, 4.69) is 6.92 Å². The van der Waals surface area contributed by atoms with Crippen molar-refractivity contribution in [3.63, 3.8) is 0 Å². The Morgan fingerprint density at radius 2 is 2.16 bits per heavy atom. The Bertz CT molecular complexity index is 672. The van der Waals surface area contributed by atoms with Gasteiger partial charge in [-0.05, 0) is 37.7 Å². The minimum Gasteiger partial charge on any atom is -0.290 e. The van der Waals surface area contributed by atoms with Crippen molar-refractivity contribution < 1.29 is 0 Å². The Morgan fingerprint density at radius 3 is 2.95 bits per heavy atom. The van der Waals surface area contributed by atoms with Crippen LogP contribution >= 0.6 is 23.1 Å². The molecule has 0 N–H and O–H groups in total. The van der Waals surface area contributed by atoms with Crippen molar-refractivity contribution in [2.75, 3.05) is 5.75 Å². The van der Waals surface area contributed by atoms with Gasteiger partial charge in [0.05, 0.1) is 5.39 Å². The molecule has 1 aliphatic carbocycles. The van der Waals surface area contributed by atoms with Gasteiger partial charge in [0.1, 0.15) is 4.83 Å². The lowest BCUT2D eigenvalue weighted by atomic mass is 9.97. The minimum absolute atomic E-state index is 0.142. The summed E-state index contributed by atoms with van der Waals surface area (Å²) in [7, 11) is 1.85. The first kappa shape index (κ1) is 13.2. The predicted octanol–water partition coefficient (Wildman–Crippen LogP) is 3.38. The molecule has 0 atom stereocenters. The predicted molar refractivity (Wildman–Crippen MR) is 82.5 cm³/mol. The molecule has 0 unspecified atom stereocenters. The number of thiophene rings is 1. The zero-order valence-electron chi connectivity index (χ0n) is 11.4. The molecule has 0 radical (unpaired) electrons. The van der Waals surface area contributed by atoms with E-state index in [9.17, 15) is 4.79 Å². The van der Waals surface area contributed by atoms with Crippen molar-refractivity contribution in [3.8, 4) is 0 Å². The third-order valence-electron chi connectivity index (χ3n) is 3.59. The van der Waals surface area contributed by atoms with Gasteiger partial charge < -0.3 is 0 Å². The van der Waals surface area contributed by atoms with Crippen molar-refractivity contribution in [1.29, 1.82) is 0 Å². The maximum atomic E-state index is 12.6. The topological polar surface area (TPSA) is 34.9 Å². The first-order valence-electron chi connectivity index (χ1n) is 6.86. The molecule has 3 nitrogen and oxygen atoms in total. The Hall–Kier alpha value is -0.810. The zero-order chi connectivity index (χ0) is 13.4. The normalized spacial score (nSPS) is 14.8. The standard InChI is InChI=1S/C14H18N2OS2/c1-3-8-18-14-15-12-11(13(17)16(14)2)9-6-4-5-7-10(9)19-12/h3-8H2,1-2H3. The summed E-state index contributed by atoms with van der Waals surface area (Å²) < 4.78 is 1.73. The second kappa shape index (κ2) is 5.29. The number of aromatic nitrogens is 2. The minimum atomic E-state index is 0.142. The third-order valence-corrected chi connectivity index (χ3v) is 6.01. The van der Waals surface area contributed by atoms with Crippen LogP contribution < -0.4 is 5.56 Å². The SMILES string of the molecule is CCCSc1nc2sc3c(c2c(=O)n1C)CCCC3. The molecule has 0 spiro atoms. The monoisotopic (exact) mass is 294 g/mol. The van der Waals surface area contributed by atoms with Crippen molar-refractivity contribution in [2.24, 2.45) is 7.05 Å². The average molecular weight is 294 g/mol. The number of thioether (sulfide) groups is 1. The lowest BCUT2D eigenvalue weighted by Gasteiger charge is -2.10. The van der Waals surface area contributed by atoms with Gasteiger partial charge in [-0.15, -0.1) is 11.3 Å². The van der Waals surface area contributed by atoms with Crippen molar-refractivity contribution in [2.45, 2.75) is 44.2 Å². The van der Waals surface area contributed by atoms with Crippen LogP contribution in [0.25, 0.3) is 10.2 Å². The van der Waals surface area contributed by atoms with E-state index < -0.39 is 0 Å². The molecule has 0 saturated heterocycles. The fraction of sp³-hybridized carbons (Fsp3) is 0.571. The molecular formula is C14H18N2OS2. The molecule has 5 heteroatoms. The number of fused-ring (bicyclic) bond motifs is 3. The van der Waals surface area contributed by atoms with E-state index >= 15 is 0 Å². The largest absolute Gasteiger partial charge is 0.290 e. The average Bonchev–Trinajstić information content (AvgIpc) is 2.79. The number of rotatable bonds is 3. The van der Waals surface area contributed by atoms with E-state index in [0.29, 0.717) is 0 Å². The van der Waals surface area contributed by atoms with E-state index in [1.807, 2.05) is 7.05 Å². The smallest absolute Gasteiger partial charge is 0.262 e. The van der Waals surface area contributed by atoms with Gasteiger partial charge in [0.2, 0.25) is 0 Å². The maximum Gasteiger partial charge on any atom is 0.262 e. The summed E-state index contributed by atoms with van der Waals surface area (Å²) in [5.41, 5.74) is 1.43. The van der Waals surface area contributed by atoms with Crippen molar-refractivity contribution >= 4 is 33.3 Å². The number of hydrogen-bond donors (Lipinski definition) is 0. The van der Waals surface area contributed by atoms with Gasteiger partial charge >= 0.3 is 0 Å². The van der Waals surface area contributed by atoms with E-state index in [1.54, 1.807) is 27.7 Å². The van der Waals surface area contributed by atoms with Gasteiger partial charge in [0.15, 0.2) is 5.16 Å². The van der Waals surface area contributed by atoms with Crippen LogP contribution in [0.2, 0.25) is 0 Å². The lowest BCUT2D eigenvalue weighted by molar-refractivity contribution is 0.695. The molecule has 0 fully saturated rings. The van der Waals surface area contributed by atoms with E-state index in [4.69, 9.17) is 4.98 Å². The molecule has 19 heavy (non-hydrogen) atoms. The lowest BCUT2D eigenvalue weighted by Crippen LogP contribution is -2.20. The van der Waals surface area contributed by atoms with Gasteiger partial charge in [-0.3, -0.25) is 9.36 Å². The van der Waals surface area contributed by atoms with Crippen LogP contribution in [0.5, 0.6) is 0 Å². The summed E-state index contributed by atoms with van der Waals surface area (Å²) in [5.74, 6) is 1.01. The summed E-state index contributed by atoms with van der Waals surface area (Å²) in [5, 5.41) is 1.75. The Balaban J connectivity index is 2.19. The molecule has 1 aliphatic rings. The molecule has 0 saturated carbocycles. The fourth-order valence-electron chi connectivity index (χ4n) is 2.59. The second-order valence-corrected chi connectivity index (χ2v) is 7.14. The van der Waals surface area contributed by atoms with Crippen LogP contribution in [-0.2, 0) is 19.9 Å². The Kier molecular flexibility index (Phi) is 3.67. The summed E-state index contributed by atoms with van der Waals surface area (Å²) in [6.45, 7) is 2.15. The van der Waals surface area contributed by atoms with Crippen LogP contribution in [0.1, 0.15) is 36.6 Å². The Morgan fingerprint density at radius 1 is 1.37 bits per heavy atom. The molecule has 0 bridgehead atoms. The van der Waals surface area contributed by atoms with E-state index in [-0.39, 0.29) is 5.56 Å². The first-order chi connectivity index (χ1) is 9.22. The van der Waals surface area contributed by atoms with Gasteiger partial charge in [0, 0.05) is 17.7 Å². The van der Waals surface area contributed by atoms with E-state index in [0.717, 1.165) is 40.4 Å². The van der Waals surface area contributed by atoms with E-state index in [1.165, 1.54) is 23.3 Å². The number of aryl methyl sites for hydroxylation is 2. The first-order valence-corrected chi connectivity index (χ1v) is 8.66. The molecule has 0 aromatic carbocycles. The van der Waals surface area contributed by atoms with Crippen molar-refractivity contribution in [3.05, 3.63) is 20.8 Å². The highest BCUT2D eigenvalue weighted by molar-refractivity contribution is 7.99. The molecule has 102 valence electrons. The second-order valence-electron chi connectivity index (χ2n) is 5.00.